The Hall–Kier alpha value is -3.41. The van der Waals surface area contributed by atoms with Crippen molar-refractivity contribution in [1.29, 1.82) is 0 Å². The van der Waals surface area contributed by atoms with Crippen molar-refractivity contribution in [2.75, 3.05) is 0 Å². The summed E-state index contributed by atoms with van der Waals surface area (Å²) in [5.41, 5.74) is -0.344. The molecule has 1 aromatic heterocycles. The molecule has 1 atom stereocenters. The molecular weight excluding hydrogens is 348 g/mol. The van der Waals surface area contributed by atoms with Crippen molar-refractivity contribution >= 4 is 22.5 Å². The van der Waals surface area contributed by atoms with E-state index in [1.807, 2.05) is 0 Å². The number of rotatable bonds is 5. The van der Waals surface area contributed by atoms with Crippen LogP contribution in [0, 0.1) is 5.92 Å². The summed E-state index contributed by atoms with van der Waals surface area (Å²) in [6.07, 6.45) is 0. The van der Waals surface area contributed by atoms with Gasteiger partial charge in [0.15, 0.2) is 0 Å². The zero-order valence-electron chi connectivity index (χ0n) is 14.8. The summed E-state index contributed by atoms with van der Waals surface area (Å²) >= 11 is 0. The summed E-state index contributed by atoms with van der Waals surface area (Å²) in [7, 11) is 0. The highest BCUT2D eigenvalue weighted by Gasteiger charge is 2.37. The van der Waals surface area contributed by atoms with Gasteiger partial charge in [-0.25, -0.2) is 4.79 Å². The molecule has 3 aromatic rings. The third-order valence-electron chi connectivity index (χ3n) is 4.59. The highest BCUT2D eigenvalue weighted by Crippen LogP contribution is 2.39. The number of phenols is 1. The van der Waals surface area contributed by atoms with Crippen LogP contribution in [-0.4, -0.2) is 21.8 Å². The SMILES string of the molecule is CC(=O)C(C(C)=O)C(c1ccc(O)cc1)c1c(O)c2ccccc2oc1=O. The average Bonchev–Trinajstić information content (AvgIpc) is 2.61. The van der Waals surface area contributed by atoms with Crippen molar-refractivity contribution in [2.45, 2.75) is 19.8 Å². The first-order chi connectivity index (χ1) is 12.8. The molecule has 2 aromatic carbocycles. The molecule has 0 saturated carbocycles. The minimum Gasteiger partial charge on any atom is -0.508 e. The Kier molecular flexibility index (Phi) is 4.81. The molecule has 0 amide bonds. The summed E-state index contributed by atoms with van der Waals surface area (Å²) in [6.45, 7) is 2.53. The van der Waals surface area contributed by atoms with Gasteiger partial charge in [0.05, 0.1) is 16.9 Å². The lowest BCUT2D eigenvalue weighted by atomic mass is 9.77. The Morgan fingerprint density at radius 1 is 0.926 bits per heavy atom. The van der Waals surface area contributed by atoms with Crippen LogP contribution in [0.3, 0.4) is 0 Å². The van der Waals surface area contributed by atoms with Crippen LogP contribution < -0.4 is 5.63 Å². The maximum absolute atomic E-state index is 12.7. The van der Waals surface area contributed by atoms with E-state index in [1.165, 1.54) is 38.1 Å². The van der Waals surface area contributed by atoms with Crippen molar-refractivity contribution in [3.05, 3.63) is 70.1 Å². The van der Waals surface area contributed by atoms with E-state index in [4.69, 9.17) is 4.42 Å². The molecule has 0 saturated heterocycles. The van der Waals surface area contributed by atoms with Gasteiger partial charge in [-0.2, -0.15) is 0 Å². The lowest BCUT2D eigenvalue weighted by Gasteiger charge is -2.24. The molecule has 0 aliphatic rings. The van der Waals surface area contributed by atoms with Crippen LogP contribution in [0.5, 0.6) is 11.5 Å². The zero-order chi connectivity index (χ0) is 19.7. The number of Topliss-reactive ketones (excluding diaryl/α,β-unsaturated/α-hetero) is 2. The van der Waals surface area contributed by atoms with Crippen LogP contribution in [0.4, 0.5) is 0 Å². The maximum Gasteiger partial charge on any atom is 0.343 e. The Morgan fingerprint density at radius 2 is 1.52 bits per heavy atom. The number of hydrogen-bond donors (Lipinski definition) is 2. The first-order valence-corrected chi connectivity index (χ1v) is 8.35. The number of carbonyl (C=O) groups excluding carboxylic acids is 2. The molecule has 2 N–H and O–H groups in total. The van der Waals surface area contributed by atoms with Crippen LogP contribution >= 0.6 is 0 Å². The van der Waals surface area contributed by atoms with E-state index in [2.05, 4.69) is 0 Å². The van der Waals surface area contributed by atoms with E-state index in [1.54, 1.807) is 24.3 Å². The van der Waals surface area contributed by atoms with E-state index in [-0.39, 0.29) is 22.6 Å². The number of carbonyl (C=O) groups is 2. The van der Waals surface area contributed by atoms with Crippen molar-refractivity contribution in [3.63, 3.8) is 0 Å². The third-order valence-corrected chi connectivity index (χ3v) is 4.59. The van der Waals surface area contributed by atoms with Gasteiger partial charge in [0, 0.05) is 5.92 Å². The number of ketones is 2. The van der Waals surface area contributed by atoms with E-state index < -0.39 is 29.0 Å². The standard InChI is InChI=1S/C21H18O6/c1-11(22)17(12(2)23)18(13-7-9-14(24)10-8-13)19-20(25)15-5-3-4-6-16(15)27-21(19)26/h3-10,17-18,24-25H,1-2H3. The summed E-state index contributed by atoms with van der Waals surface area (Å²) in [6, 6.07) is 12.3. The van der Waals surface area contributed by atoms with E-state index >= 15 is 0 Å². The average molecular weight is 366 g/mol. The largest absolute Gasteiger partial charge is 0.508 e. The van der Waals surface area contributed by atoms with Gasteiger partial charge in [-0.1, -0.05) is 24.3 Å². The number of fused-ring (bicyclic) bond motifs is 1. The van der Waals surface area contributed by atoms with Crippen LogP contribution in [-0.2, 0) is 9.59 Å². The van der Waals surface area contributed by atoms with Gasteiger partial charge in [0.25, 0.3) is 0 Å². The molecular formula is C21H18O6. The van der Waals surface area contributed by atoms with E-state index in [9.17, 15) is 24.6 Å². The second-order valence-electron chi connectivity index (χ2n) is 6.42. The van der Waals surface area contributed by atoms with Crippen molar-refractivity contribution in [2.24, 2.45) is 5.92 Å². The third kappa shape index (κ3) is 3.33. The molecule has 6 heteroatoms. The highest BCUT2D eigenvalue weighted by molar-refractivity contribution is 6.02. The zero-order valence-corrected chi connectivity index (χ0v) is 14.8. The fraction of sp³-hybridized carbons (Fsp3) is 0.190. The molecule has 0 spiro atoms. The van der Waals surface area contributed by atoms with Crippen LogP contribution in [0.1, 0.15) is 30.9 Å². The number of para-hydroxylation sites is 1. The van der Waals surface area contributed by atoms with Gasteiger partial charge >= 0.3 is 5.63 Å². The predicted octanol–water partition coefficient (Wildman–Crippen LogP) is 3.13. The molecule has 0 aliphatic carbocycles. The van der Waals surface area contributed by atoms with E-state index in [0.29, 0.717) is 10.9 Å². The Labute approximate surface area is 154 Å². The molecule has 0 fully saturated rings. The Bertz CT molecular complexity index is 1060. The Balaban J connectivity index is 2.36. The molecule has 6 nitrogen and oxygen atoms in total. The normalized spacial score (nSPS) is 12.3. The smallest absolute Gasteiger partial charge is 0.343 e. The lowest BCUT2D eigenvalue weighted by Crippen LogP contribution is -2.30. The number of aromatic hydroxyl groups is 2. The molecule has 0 aliphatic heterocycles. The van der Waals surface area contributed by atoms with Gasteiger partial charge in [0.2, 0.25) is 0 Å². The monoisotopic (exact) mass is 366 g/mol. The topological polar surface area (TPSA) is 105 Å². The Morgan fingerprint density at radius 3 is 2.11 bits per heavy atom. The highest BCUT2D eigenvalue weighted by atomic mass is 16.4. The second-order valence-corrected chi connectivity index (χ2v) is 6.42. The maximum atomic E-state index is 12.7. The van der Waals surface area contributed by atoms with Crippen LogP contribution in [0.15, 0.2) is 57.7 Å². The number of phenolic OH excluding ortho intramolecular Hbond substituents is 1. The minimum absolute atomic E-state index is 0.00512. The molecule has 3 rings (SSSR count). The van der Waals surface area contributed by atoms with Gasteiger partial charge in [-0.05, 0) is 43.7 Å². The van der Waals surface area contributed by atoms with Gasteiger partial charge in [-0.15, -0.1) is 0 Å². The summed E-state index contributed by atoms with van der Waals surface area (Å²) < 4.78 is 5.32. The van der Waals surface area contributed by atoms with Crippen molar-refractivity contribution in [3.8, 4) is 11.5 Å². The summed E-state index contributed by atoms with van der Waals surface area (Å²) in [5.74, 6) is -3.42. The quantitative estimate of drug-likeness (QED) is 0.531. The van der Waals surface area contributed by atoms with Crippen LogP contribution in [0.2, 0.25) is 0 Å². The van der Waals surface area contributed by atoms with Crippen molar-refractivity contribution in [1.82, 2.24) is 0 Å². The first-order valence-electron chi connectivity index (χ1n) is 8.35. The molecule has 1 heterocycles. The predicted molar refractivity (Wildman–Crippen MR) is 99.0 cm³/mol. The lowest BCUT2D eigenvalue weighted by molar-refractivity contribution is -0.130. The molecule has 27 heavy (non-hydrogen) atoms. The second kappa shape index (κ2) is 7.07. The molecule has 138 valence electrons. The van der Waals surface area contributed by atoms with Gasteiger partial charge < -0.3 is 14.6 Å². The summed E-state index contributed by atoms with van der Waals surface area (Å²) in [5, 5.41) is 20.7. The number of hydrogen-bond acceptors (Lipinski definition) is 6. The van der Waals surface area contributed by atoms with Gasteiger partial charge in [0.1, 0.15) is 28.6 Å². The molecule has 1 unspecified atom stereocenters. The first kappa shape index (κ1) is 18.4. The van der Waals surface area contributed by atoms with Crippen LogP contribution in [0.25, 0.3) is 11.0 Å². The minimum atomic E-state index is -1.18. The molecule has 0 bridgehead atoms. The fourth-order valence-corrected chi connectivity index (χ4v) is 3.39. The fourth-order valence-electron chi connectivity index (χ4n) is 3.39. The summed E-state index contributed by atoms with van der Waals surface area (Å²) in [4.78, 5) is 37.2. The van der Waals surface area contributed by atoms with Crippen molar-refractivity contribution < 1.29 is 24.2 Å². The molecule has 0 radical (unpaired) electrons. The number of benzene rings is 2. The van der Waals surface area contributed by atoms with Gasteiger partial charge in [-0.3, -0.25) is 9.59 Å². The van der Waals surface area contributed by atoms with E-state index in [0.717, 1.165) is 0 Å².